The summed E-state index contributed by atoms with van der Waals surface area (Å²) in [5.41, 5.74) is 5.57. The van der Waals surface area contributed by atoms with Gasteiger partial charge in [0.05, 0.1) is 11.0 Å². The monoisotopic (exact) mass is 565 g/mol. The minimum absolute atomic E-state index is 0.00742. The Labute approximate surface area is 236 Å². The number of para-hydroxylation sites is 2. The second kappa shape index (κ2) is 12.1. The molecule has 1 unspecified atom stereocenters. The number of nitrogens with zero attached hydrogens (tertiary/aromatic N) is 6. The molecule has 1 fully saturated rings. The summed E-state index contributed by atoms with van der Waals surface area (Å²) in [6, 6.07) is 9.57. The highest BCUT2D eigenvalue weighted by atomic mass is 19.1. The standard InChI is InChI=1S/C28H32FN7O5/c1-18-25(21-12-11-20(14-22(21)29)40-24-10-6-5-9-23(24)36(38)39)33-35(17-31-16-32-26(18)30)19-8-7-13-34(15-19)27(37)41-28(2,3)4/h5-6,9-12,14,16,19H,1,7-8,13,15,17H2,2-4H3,(H2,30,31,32)/b33-25+. The van der Waals surface area contributed by atoms with E-state index in [9.17, 15) is 14.9 Å². The van der Waals surface area contributed by atoms with Gasteiger partial charge in [-0.2, -0.15) is 5.10 Å². The zero-order chi connectivity index (χ0) is 29.7. The molecule has 2 heterocycles. The number of carbonyl (C=O) groups is 1. The van der Waals surface area contributed by atoms with Gasteiger partial charge in [0, 0.05) is 36.4 Å². The number of carbonyl (C=O) groups excluding carboxylic acids is 1. The summed E-state index contributed by atoms with van der Waals surface area (Å²) in [6.07, 6.45) is 2.29. The predicted molar refractivity (Wildman–Crippen MR) is 153 cm³/mol. The van der Waals surface area contributed by atoms with Crippen molar-refractivity contribution >= 4 is 29.7 Å². The first-order valence-corrected chi connectivity index (χ1v) is 13.0. The normalized spacial score (nSPS) is 21.4. The molecule has 13 heteroatoms. The van der Waals surface area contributed by atoms with E-state index in [0.717, 1.165) is 6.07 Å². The maximum absolute atomic E-state index is 15.6. The van der Waals surface area contributed by atoms with Crippen molar-refractivity contribution in [3.05, 3.63) is 76.1 Å². The highest BCUT2D eigenvalue weighted by Gasteiger charge is 2.31. The summed E-state index contributed by atoms with van der Waals surface area (Å²) in [5.74, 6) is -0.682. The number of hydrazone groups is 1. The number of ether oxygens (including phenoxy) is 2. The van der Waals surface area contributed by atoms with Crippen LogP contribution in [0.5, 0.6) is 11.5 Å². The van der Waals surface area contributed by atoms with Crippen molar-refractivity contribution in [2.24, 2.45) is 20.8 Å². The number of piperidine rings is 1. The first-order chi connectivity index (χ1) is 19.4. The van der Waals surface area contributed by atoms with Gasteiger partial charge in [-0.05, 0) is 51.8 Å². The fraction of sp³-hybridized carbons (Fsp3) is 0.357. The van der Waals surface area contributed by atoms with E-state index in [1.165, 1.54) is 36.7 Å². The first-order valence-electron chi connectivity index (χ1n) is 13.0. The number of amidine groups is 1. The van der Waals surface area contributed by atoms with Gasteiger partial charge in [-0.1, -0.05) is 18.7 Å². The quantitative estimate of drug-likeness (QED) is 0.403. The molecule has 12 nitrogen and oxygen atoms in total. The van der Waals surface area contributed by atoms with E-state index in [2.05, 4.69) is 16.6 Å². The zero-order valence-electron chi connectivity index (χ0n) is 23.1. The number of aliphatic imine (C=N–C) groups is 2. The van der Waals surface area contributed by atoms with Crippen LogP contribution >= 0.6 is 0 Å². The fourth-order valence-electron chi connectivity index (χ4n) is 4.32. The minimum atomic E-state index is -0.715. The van der Waals surface area contributed by atoms with Crippen LogP contribution in [-0.4, -0.2) is 70.2 Å². The van der Waals surface area contributed by atoms with Crippen molar-refractivity contribution in [1.82, 2.24) is 9.91 Å². The molecule has 0 radical (unpaired) electrons. The summed E-state index contributed by atoms with van der Waals surface area (Å²) in [6.45, 7) is 10.4. The number of benzene rings is 2. The van der Waals surface area contributed by atoms with E-state index in [4.69, 9.17) is 20.3 Å². The van der Waals surface area contributed by atoms with Crippen molar-refractivity contribution < 1.29 is 23.6 Å². The van der Waals surface area contributed by atoms with Crippen LogP contribution in [0, 0.1) is 15.9 Å². The smallest absolute Gasteiger partial charge is 0.410 e. The number of nitro benzene ring substituents is 1. The Bertz CT molecular complexity index is 1430. The van der Waals surface area contributed by atoms with Crippen molar-refractivity contribution in [1.29, 1.82) is 0 Å². The number of halogens is 1. The van der Waals surface area contributed by atoms with Crippen LogP contribution in [0.3, 0.4) is 0 Å². The molecule has 2 N–H and O–H groups in total. The third-order valence-corrected chi connectivity index (χ3v) is 6.28. The molecule has 0 aliphatic carbocycles. The molecule has 216 valence electrons. The van der Waals surface area contributed by atoms with Gasteiger partial charge in [0.1, 0.15) is 41.7 Å². The topological polar surface area (TPSA) is 148 Å². The van der Waals surface area contributed by atoms with E-state index in [0.29, 0.717) is 25.9 Å². The van der Waals surface area contributed by atoms with Crippen molar-refractivity contribution in [2.45, 2.75) is 45.3 Å². The maximum atomic E-state index is 15.6. The molecule has 0 aromatic heterocycles. The number of nitro groups is 1. The summed E-state index contributed by atoms with van der Waals surface area (Å²) < 4.78 is 26.8. The van der Waals surface area contributed by atoms with Crippen LogP contribution in [0.25, 0.3) is 0 Å². The van der Waals surface area contributed by atoms with Crippen LogP contribution in [0.1, 0.15) is 39.2 Å². The number of likely N-dealkylation sites (tertiary alicyclic amines) is 1. The van der Waals surface area contributed by atoms with Crippen LogP contribution in [0.2, 0.25) is 0 Å². The van der Waals surface area contributed by atoms with E-state index in [-0.39, 0.29) is 52.6 Å². The van der Waals surface area contributed by atoms with E-state index in [1.807, 2.05) is 0 Å². The van der Waals surface area contributed by atoms with E-state index < -0.39 is 22.4 Å². The van der Waals surface area contributed by atoms with E-state index >= 15 is 4.39 Å². The lowest BCUT2D eigenvalue weighted by Crippen LogP contribution is -2.49. The Balaban J connectivity index is 1.65. The van der Waals surface area contributed by atoms with E-state index in [1.54, 1.807) is 36.7 Å². The maximum Gasteiger partial charge on any atom is 0.410 e. The second-order valence-electron chi connectivity index (χ2n) is 10.5. The Hall–Kier alpha value is -4.81. The number of amides is 1. The lowest BCUT2D eigenvalue weighted by Gasteiger charge is -2.38. The van der Waals surface area contributed by atoms with Crippen molar-refractivity contribution in [3.63, 3.8) is 0 Å². The van der Waals surface area contributed by atoms with Gasteiger partial charge in [0.2, 0.25) is 5.75 Å². The number of hydrogen-bond acceptors (Lipinski definition) is 10. The summed E-state index contributed by atoms with van der Waals surface area (Å²) in [5, 5.41) is 17.7. The third kappa shape index (κ3) is 7.24. The number of nitrogens with two attached hydrogens (primary N) is 1. The number of rotatable bonds is 5. The third-order valence-electron chi connectivity index (χ3n) is 6.28. The van der Waals surface area contributed by atoms with Gasteiger partial charge < -0.3 is 20.1 Å². The SMILES string of the molecule is C=C1/C(N)=N\C=N/CN(C2CCCN(C(=O)OC(C)(C)C)C2)/N=C\1c1ccc(Oc2ccccc2[N+](=O)[O-])cc1F. The molecule has 2 aliphatic rings. The fourth-order valence-corrected chi connectivity index (χ4v) is 4.32. The average Bonchev–Trinajstić information content (AvgIpc) is 2.98. The molecular weight excluding hydrogens is 533 g/mol. The van der Waals surface area contributed by atoms with Gasteiger partial charge in [0.15, 0.2) is 0 Å². The summed E-state index contributed by atoms with van der Waals surface area (Å²) >= 11 is 0. The lowest BCUT2D eigenvalue weighted by molar-refractivity contribution is -0.385. The van der Waals surface area contributed by atoms with Gasteiger partial charge in [-0.25, -0.2) is 14.2 Å². The van der Waals surface area contributed by atoms with Gasteiger partial charge in [-0.15, -0.1) is 0 Å². The molecule has 1 amide bonds. The van der Waals surface area contributed by atoms with Crippen molar-refractivity contribution in [2.75, 3.05) is 19.8 Å². The molecule has 41 heavy (non-hydrogen) atoms. The van der Waals surface area contributed by atoms with Crippen LogP contribution in [0.4, 0.5) is 14.9 Å². The molecule has 2 aromatic rings. The molecule has 2 aliphatic heterocycles. The molecular formula is C28H32FN7O5. The van der Waals surface area contributed by atoms with Crippen LogP contribution in [0.15, 0.2) is 69.7 Å². The Kier molecular flexibility index (Phi) is 8.65. The van der Waals surface area contributed by atoms with Gasteiger partial charge in [-0.3, -0.25) is 20.1 Å². The van der Waals surface area contributed by atoms with Crippen molar-refractivity contribution in [3.8, 4) is 11.5 Å². The van der Waals surface area contributed by atoms with Crippen LogP contribution in [-0.2, 0) is 4.74 Å². The molecule has 2 aromatic carbocycles. The Morgan fingerprint density at radius 3 is 2.71 bits per heavy atom. The van der Waals surface area contributed by atoms with Gasteiger partial charge in [0.25, 0.3) is 0 Å². The zero-order valence-corrected chi connectivity index (χ0v) is 23.1. The average molecular weight is 566 g/mol. The second-order valence-corrected chi connectivity index (χ2v) is 10.5. The highest BCUT2D eigenvalue weighted by molar-refractivity contribution is 6.29. The highest BCUT2D eigenvalue weighted by Crippen LogP contribution is 2.32. The summed E-state index contributed by atoms with van der Waals surface area (Å²) in [4.78, 5) is 33.5. The van der Waals surface area contributed by atoms with Crippen LogP contribution < -0.4 is 10.5 Å². The molecule has 1 atom stereocenters. The molecule has 0 saturated carbocycles. The summed E-state index contributed by atoms with van der Waals surface area (Å²) in [7, 11) is 0. The molecule has 0 spiro atoms. The first kappa shape index (κ1) is 29.2. The molecule has 1 saturated heterocycles. The van der Waals surface area contributed by atoms with Gasteiger partial charge >= 0.3 is 11.8 Å². The lowest BCUT2D eigenvalue weighted by atomic mass is 10.0. The predicted octanol–water partition coefficient (Wildman–Crippen LogP) is 4.84. The molecule has 0 bridgehead atoms. The Morgan fingerprint density at radius 2 is 2.00 bits per heavy atom. The number of hydrogen-bond donors (Lipinski definition) is 1. The molecule has 4 rings (SSSR count). The largest absolute Gasteiger partial charge is 0.450 e. The Morgan fingerprint density at radius 1 is 1.24 bits per heavy atom. The minimum Gasteiger partial charge on any atom is -0.450 e.